The molecule has 0 spiro atoms. The molecule has 3 aromatic carbocycles. The van der Waals surface area contributed by atoms with Crippen LogP contribution in [0.15, 0.2) is 66.7 Å². The van der Waals surface area contributed by atoms with Crippen molar-refractivity contribution < 1.29 is 23.9 Å². The van der Waals surface area contributed by atoms with Crippen LogP contribution in [0, 0.1) is 0 Å². The summed E-state index contributed by atoms with van der Waals surface area (Å²) in [4.78, 5) is 36.5. The number of nitrogens with one attached hydrogen (secondary N) is 2. The van der Waals surface area contributed by atoms with Gasteiger partial charge in [0.15, 0.2) is 6.29 Å². The molecule has 5 rings (SSSR count). The number of nitrogens with zero attached hydrogens (tertiary/aromatic N) is 1. The van der Waals surface area contributed by atoms with Crippen molar-refractivity contribution in [3.63, 3.8) is 0 Å². The smallest absolute Gasteiger partial charge is 0.270 e. The second-order valence-corrected chi connectivity index (χ2v) is 10.6. The molecule has 1 aliphatic heterocycles. The summed E-state index contributed by atoms with van der Waals surface area (Å²) < 4.78 is 10.8. The molecule has 4 aromatic rings. The molecule has 8 nitrogen and oxygen atoms in total. The summed E-state index contributed by atoms with van der Waals surface area (Å²) in [6, 6.07) is 22.3. The lowest BCUT2D eigenvalue weighted by Crippen LogP contribution is -2.34. The lowest BCUT2D eigenvalue weighted by molar-refractivity contribution is -0.200. The quantitative estimate of drug-likeness (QED) is 0.152. The fraction of sp³-hybridized carbons (Fsp3) is 0.394. The minimum Gasteiger partial charge on any atom is -0.497 e. The summed E-state index contributed by atoms with van der Waals surface area (Å²) in [6.07, 6.45) is 6.01. The Morgan fingerprint density at radius 2 is 1.85 bits per heavy atom. The van der Waals surface area contributed by atoms with Gasteiger partial charge in [-0.15, -0.1) is 0 Å². The van der Waals surface area contributed by atoms with Gasteiger partial charge >= 0.3 is 0 Å². The van der Waals surface area contributed by atoms with E-state index in [1.165, 1.54) is 16.3 Å². The van der Waals surface area contributed by atoms with E-state index in [0.717, 1.165) is 61.6 Å². The molecule has 8 heteroatoms. The van der Waals surface area contributed by atoms with E-state index >= 15 is 0 Å². The Labute approximate surface area is 240 Å². The first-order valence-electron chi connectivity index (χ1n) is 14.6. The highest BCUT2D eigenvalue weighted by atomic mass is 16.8. The lowest BCUT2D eigenvalue weighted by atomic mass is 10.0. The fourth-order valence-corrected chi connectivity index (χ4v) is 5.36. The molecule has 2 heterocycles. The Morgan fingerprint density at radius 1 is 0.976 bits per heavy atom. The Bertz CT molecular complexity index is 1450. The summed E-state index contributed by atoms with van der Waals surface area (Å²) in [5.74, 6) is 0.583. The number of fused-ring (bicyclic) bond motifs is 2. The van der Waals surface area contributed by atoms with E-state index in [4.69, 9.17) is 14.3 Å². The third kappa shape index (κ3) is 7.65. The van der Waals surface area contributed by atoms with Gasteiger partial charge in [0.25, 0.3) is 5.91 Å². The zero-order valence-corrected chi connectivity index (χ0v) is 23.7. The standard InChI is InChI=1S/C33H39N3O5/c1-39-27-16-17-29-26(22-27)23-30(34-29)33(38)36(20-18-25-12-9-11-24-10-4-5-13-28(24)25)19-7-2-3-14-31(37)35-41-32-15-6-8-21-40-32/h4-5,9-13,16-17,22-23,32,34H,2-3,6-8,14-15,18-21H2,1H3,(H,35,37). The van der Waals surface area contributed by atoms with E-state index in [1.54, 1.807) is 7.11 Å². The summed E-state index contributed by atoms with van der Waals surface area (Å²) in [7, 11) is 1.64. The van der Waals surface area contributed by atoms with Gasteiger partial charge in [-0.05, 0) is 72.7 Å². The van der Waals surface area contributed by atoms with Crippen LogP contribution in [-0.2, 0) is 20.8 Å². The highest BCUT2D eigenvalue weighted by molar-refractivity contribution is 5.98. The molecule has 216 valence electrons. The summed E-state index contributed by atoms with van der Waals surface area (Å²) >= 11 is 0. The Balaban J connectivity index is 1.19. The minimum absolute atomic E-state index is 0.0287. The average molecular weight is 558 g/mol. The number of aromatic nitrogens is 1. The van der Waals surface area contributed by atoms with E-state index in [2.05, 4.69) is 46.9 Å². The third-order valence-electron chi connectivity index (χ3n) is 7.65. The van der Waals surface area contributed by atoms with E-state index in [1.807, 2.05) is 35.2 Å². The van der Waals surface area contributed by atoms with Crippen molar-refractivity contribution in [2.24, 2.45) is 0 Å². The van der Waals surface area contributed by atoms with Crippen LogP contribution in [-0.4, -0.2) is 54.8 Å². The Hall–Kier alpha value is -3.88. The molecule has 2 amide bonds. The number of benzene rings is 3. The number of hydrogen-bond donors (Lipinski definition) is 2. The number of ether oxygens (including phenoxy) is 2. The zero-order valence-electron chi connectivity index (χ0n) is 23.7. The maximum atomic E-state index is 13.7. The van der Waals surface area contributed by atoms with Crippen molar-refractivity contribution in [2.75, 3.05) is 26.8 Å². The second kappa shape index (κ2) is 14.1. The van der Waals surface area contributed by atoms with Gasteiger partial charge < -0.3 is 19.4 Å². The van der Waals surface area contributed by atoms with E-state index in [9.17, 15) is 9.59 Å². The molecule has 1 aromatic heterocycles. The van der Waals surface area contributed by atoms with Crippen LogP contribution in [0.25, 0.3) is 21.7 Å². The molecule has 0 radical (unpaired) electrons. The first kappa shape index (κ1) is 28.6. The normalized spacial score (nSPS) is 15.2. The predicted molar refractivity (Wildman–Crippen MR) is 160 cm³/mol. The lowest BCUT2D eigenvalue weighted by Gasteiger charge is -2.23. The number of hydroxylamine groups is 1. The second-order valence-electron chi connectivity index (χ2n) is 10.6. The molecule has 1 saturated heterocycles. The Morgan fingerprint density at radius 3 is 2.71 bits per heavy atom. The molecular formula is C33H39N3O5. The highest BCUT2D eigenvalue weighted by Crippen LogP contribution is 2.23. The molecule has 1 aliphatic rings. The largest absolute Gasteiger partial charge is 0.497 e. The summed E-state index contributed by atoms with van der Waals surface area (Å²) in [5, 5.41) is 3.35. The van der Waals surface area contributed by atoms with E-state index in [-0.39, 0.29) is 18.1 Å². The van der Waals surface area contributed by atoms with Crippen molar-refractivity contribution in [1.82, 2.24) is 15.4 Å². The molecule has 2 N–H and O–H groups in total. The predicted octanol–water partition coefficient (Wildman–Crippen LogP) is 6.15. The van der Waals surface area contributed by atoms with Crippen molar-refractivity contribution in [3.8, 4) is 5.75 Å². The molecule has 1 atom stereocenters. The maximum Gasteiger partial charge on any atom is 0.270 e. The number of rotatable bonds is 13. The van der Waals surface area contributed by atoms with Crippen molar-refractivity contribution in [1.29, 1.82) is 0 Å². The van der Waals surface area contributed by atoms with Crippen LogP contribution < -0.4 is 10.2 Å². The van der Waals surface area contributed by atoms with Crippen LogP contribution in [0.4, 0.5) is 0 Å². The minimum atomic E-state index is -0.347. The SMILES string of the molecule is COc1ccc2[nH]c(C(=O)N(CCCCCC(=O)NOC3CCCCO3)CCc3cccc4ccccc34)cc2c1. The number of methoxy groups -OCH3 is 1. The molecule has 0 aliphatic carbocycles. The van der Waals surface area contributed by atoms with Gasteiger partial charge in [0.1, 0.15) is 11.4 Å². The van der Waals surface area contributed by atoms with Gasteiger partial charge in [-0.25, -0.2) is 10.3 Å². The number of aromatic amines is 1. The number of carbonyl (C=O) groups excluding carboxylic acids is 2. The monoisotopic (exact) mass is 557 g/mol. The van der Waals surface area contributed by atoms with Crippen LogP contribution in [0.2, 0.25) is 0 Å². The van der Waals surface area contributed by atoms with Crippen molar-refractivity contribution in [2.45, 2.75) is 57.7 Å². The number of hydrogen-bond acceptors (Lipinski definition) is 5. The van der Waals surface area contributed by atoms with Gasteiger partial charge in [0.05, 0.1) is 7.11 Å². The third-order valence-corrected chi connectivity index (χ3v) is 7.65. The topological polar surface area (TPSA) is 92.9 Å². The highest BCUT2D eigenvalue weighted by Gasteiger charge is 2.19. The van der Waals surface area contributed by atoms with Crippen LogP contribution in [0.3, 0.4) is 0 Å². The molecule has 1 unspecified atom stereocenters. The number of unbranched alkanes of at least 4 members (excludes halogenated alkanes) is 2. The van der Waals surface area contributed by atoms with E-state index in [0.29, 0.717) is 31.8 Å². The molecule has 1 fully saturated rings. The average Bonchev–Trinajstić information content (AvgIpc) is 3.45. The van der Waals surface area contributed by atoms with Crippen LogP contribution in [0.5, 0.6) is 5.75 Å². The number of H-pyrrole nitrogens is 1. The van der Waals surface area contributed by atoms with Gasteiger partial charge in [-0.3, -0.25) is 9.59 Å². The molecule has 41 heavy (non-hydrogen) atoms. The van der Waals surface area contributed by atoms with Crippen LogP contribution >= 0.6 is 0 Å². The zero-order chi connectivity index (χ0) is 28.4. The first-order chi connectivity index (χ1) is 20.1. The number of carbonyl (C=O) groups is 2. The van der Waals surface area contributed by atoms with Gasteiger partial charge in [0.2, 0.25) is 5.91 Å². The van der Waals surface area contributed by atoms with Gasteiger partial charge in [-0.2, -0.15) is 0 Å². The molecule has 0 bridgehead atoms. The first-order valence-corrected chi connectivity index (χ1v) is 14.6. The maximum absolute atomic E-state index is 13.7. The van der Waals surface area contributed by atoms with Crippen LogP contribution in [0.1, 0.15) is 61.0 Å². The number of amides is 2. The summed E-state index contributed by atoms with van der Waals surface area (Å²) in [6.45, 7) is 1.88. The van der Waals surface area contributed by atoms with Crippen molar-refractivity contribution in [3.05, 3.63) is 78.0 Å². The van der Waals surface area contributed by atoms with Gasteiger partial charge in [0, 0.05) is 43.4 Å². The summed E-state index contributed by atoms with van der Waals surface area (Å²) in [5.41, 5.74) is 5.21. The Kier molecular flexibility index (Phi) is 9.88. The van der Waals surface area contributed by atoms with Gasteiger partial charge in [-0.1, -0.05) is 48.9 Å². The molecule has 0 saturated carbocycles. The van der Waals surface area contributed by atoms with Crippen molar-refractivity contribution >= 4 is 33.5 Å². The van der Waals surface area contributed by atoms with E-state index < -0.39 is 0 Å². The molecular weight excluding hydrogens is 518 g/mol. The fourth-order valence-electron chi connectivity index (χ4n) is 5.36.